The van der Waals surface area contributed by atoms with Gasteiger partial charge >= 0.3 is 5.97 Å². The van der Waals surface area contributed by atoms with Gasteiger partial charge in [0.1, 0.15) is 5.92 Å². The third-order valence-electron chi connectivity index (χ3n) is 2.86. The van der Waals surface area contributed by atoms with Gasteiger partial charge in [0.05, 0.1) is 25.4 Å². The minimum atomic E-state index is -1.27. The number of amides is 2. The Labute approximate surface area is 145 Å². The summed E-state index contributed by atoms with van der Waals surface area (Å²) in [5.74, 6) is -3.10. The van der Waals surface area contributed by atoms with Gasteiger partial charge < -0.3 is 26.2 Å². The number of carbonyl (C=O) groups is 4. The molecule has 0 aromatic heterocycles. The molecule has 0 aliphatic rings. The number of nitrogens with two attached hydrogens (primary N) is 1. The number of Topliss-reactive ketones (excluding diaryl/α,β-unsaturated/α-hetero) is 1. The van der Waals surface area contributed by atoms with Crippen LogP contribution in [0.1, 0.15) is 13.3 Å². The Morgan fingerprint density at radius 2 is 1.83 bits per heavy atom. The number of carboxylic acids is 1. The molecule has 5 N–H and O–H groups in total. The summed E-state index contributed by atoms with van der Waals surface area (Å²) >= 11 is 1.38. The van der Waals surface area contributed by atoms with Gasteiger partial charge in [-0.15, -0.1) is 11.8 Å². The lowest BCUT2D eigenvalue weighted by Gasteiger charge is -2.11. The van der Waals surface area contributed by atoms with Gasteiger partial charge in [0.15, 0.2) is 5.78 Å². The van der Waals surface area contributed by atoms with Gasteiger partial charge in [-0.25, -0.2) is 0 Å². The average molecular weight is 363 g/mol. The van der Waals surface area contributed by atoms with Crippen molar-refractivity contribution in [1.82, 2.24) is 10.6 Å². The van der Waals surface area contributed by atoms with Crippen molar-refractivity contribution in [3.63, 3.8) is 0 Å². The van der Waals surface area contributed by atoms with E-state index in [1.165, 1.54) is 11.8 Å². The van der Waals surface area contributed by atoms with Crippen molar-refractivity contribution < 1.29 is 29.0 Å². The van der Waals surface area contributed by atoms with Gasteiger partial charge in [0.25, 0.3) is 0 Å². The van der Waals surface area contributed by atoms with Crippen molar-refractivity contribution in [3.8, 4) is 0 Å². The van der Waals surface area contributed by atoms with Gasteiger partial charge in [-0.05, 0) is 19.9 Å². The number of ether oxygens (including phenoxy) is 1. The van der Waals surface area contributed by atoms with Gasteiger partial charge in [-0.1, -0.05) is 0 Å². The lowest BCUT2D eigenvalue weighted by Crippen LogP contribution is -2.42. The Hall–Kier alpha value is -1.65. The predicted molar refractivity (Wildman–Crippen MR) is 89.6 cm³/mol. The minimum Gasteiger partial charge on any atom is -0.481 e. The number of hydrogen-bond donors (Lipinski definition) is 4. The van der Waals surface area contributed by atoms with E-state index in [4.69, 9.17) is 15.6 Å². The highest BCUT2D eigenvalue weighted by Gasteiger charge is 2.25. The number of aliphatic carboxylic acids is 1. The number of carboxylic acid groups (broad SMARTS) is 1. The van der Waals surface area contributed by atoms with E-state index in [1.807, 2.05) is 6.92 Å². The molecule has 9 nitrogen and oxygen atoms in total. The molecule has 0 saturated heterocycles. The molecule has 0 bridgehead atoms. The lowest BCUT2D eigenvalue weighted by atomic mass is 10.0. The first-order valence-corrected chi connectivity index (χ1v) is 8.72. The maximum Gasteiger partial charge on any atom is 0.314 e. The largest absolute Gasteiger partial charge is 0.481 e. The number of ketones is 1. The molecule has 0 aliphatic carbocycles. The predicted octanol–water partition coefficient (Wildman–Crippen LogP) is -1.39. The summed E-state index contributed by atoms with van der Waals surface area (Å²) in [7, 11) is 0. The zero-order valence-electron chi connectivity index (χ0n) is 13.7. The zero-order valence-corrected chi connectivity index (χ0v) is 14.5. The van der Waals surface area contributed by atoms with Gasteiger partial charge in [-0.3, -0.25) is 19.2 Å². The Balaban J connectivity index is 3.91. The molecule has 24 heavy (non-hydrogen) atoms. The van der Waals surface area contributed by atoms with Crippen molar-refractivity contribution in [1.29, 1.82) is 0 Å². The van der Waals surface area contributed by atoms with Crippen LogP contribution in [0.5, 0.6) is 0 Å². The molecule has 0 aromatic rings. The molecule has 0 aliphatic heterocycles. The first-order chi connectivity index (χ1) is 11.4. The molecule has 0 saturated carbocycles. The third-order valence-corrected chi connectivity index (χ3v) is 3.78. The standard InChI is InChI=1S/C14H25N3O6S/c1-2-23-5-6-24-9-13(20)17-8-12(19)16-7-11(18)10(3-4-15)14(21)22/h10H,2-9,15H2,1H3,(H,16,19)(H,17,20)(H,21,22). The first-order valence-electron chi connectivity index (χ1n) is 7.56. The summed E-state index contributed by atoms with van der Waals surface area (Å²) in [5.41, 5.74) is 5.25. The number of nitrogens with one attached hydrogen (secondary N) is 2. The Bertz CT molecular complexity index is 433. The fourth-order valence-electron chi connectivity index (χ4n) is 1.62. The molecule has 0 heterocycles. The molecule has 138 valence electrons. The SMILES string of the molecule is CCOCCSCC(=O)NCC(=O)NCC(=O)C(CCN)C(=O)O. The molecule has 0 spiro atoms. The molecule has 0 rings (SSSR count). The van der Waals surface area contributed by atoms with E-state index in [1.54, 1.807) is 0 Å². The van der Waals surface area contributed by atoms with Crippen LogP contribution < -0.4 is 16.4 Å². The van der Waals surface area contributed by atoms with Crippen LogP contribution in [0.3, 0.4) is 0 Å². The second kappa shape index (κ2) is 13.8. The van der Waals surface area contributed by atoms with Gasteiger partial charge in [0, 0.05) is 12.4 Å². The van der Waals surface area contributed by atoms with Crippen LogP contribution in [-0.4, -0.2) is 73.0 Å². The minimum absolute atomic E-state index is 0.0136. The molecular formula is C14H25N3O6S. The number of thioether (sulfide) groups is 1. The second-order valence-corrected chi connectivity index (χ2v) is 5.84. The molecule has 1 unspecified atom stereocenters. The maximum absolute atomic E-state index is 11.7. The summed E-state index contributed by atoms with van der Waals surface area (Å²) in [4.78, 5) is 45.6. The fraction of sp³-hybridized carbons (Fsp3) is 0.714. The zero-order chi connectivity index (χ0) is 18.4. The molecule has 0 aromatic carbocycles. The lowest BCUT2D eigenvalue weighted by molar-refractivity contribution is -0.146. The molecule has 0 fully saturated rings. The molecule has 10 heteroatoms. The average Bonchev–Trinajstić information content (AvgIpc) is 2.55. The van der Waals surface area contributed by atoms with Crippen LogP contribution in [0, 0.1) is 5.92 Å². The summed E-state index contributed by atoms with van der Waals surface area (Å²) in [5, 5.41) is 13.6. The number of carbonyl (C=O) groups excluding carboxylic acids is 3. The Morgan fingerprint density at radius 3 is 2.42 bits per heavy atom. The van der Waals surface area contributed by atoms with Crippen molar-refractivity contribution in [2.24, 2.45) is 11.7 Å². The third kappa shape index (κ3) is 11.0. The van der Waals surface area contributed by atoms with Crippen molar-refractivity contribution in [3.05, 3.63) is 0 Å². The van der Waals surface area contributed by atoms with E-state index in [2.05, 4.69) is 10.6 Å². The highest BCUT2D eigenvalue weighted by molar-refractivity contribution is 7.99. The van der Waals surface area contributed by atoms with E-state index in [0.717, 1.165) is 0 Å². The number of hydrogen-bond acceptors (Lipinski definition) is 7. The van der Waals surface area contributed by atoms with Crippen LogP contribution in [0.4, 0.5) is 0 Å². The number of rotatable bonds is 14. The van der Waals surface area contributed by atoms with Crippen LogP contribution in [0.2, 0.25) is 0 Å². The van der Waals surface area contributed by atoms with E-state index in [9.17, 15) is 19.2 Å². The summed E-state index contributed by atoms with van der Waals surface area (Å²) in [6.45, 7) is 2.45. The monoisotopic (exact) mass is 363 g/mol. The summed E-state index contributed by atoms with van der Waals surface area (Å²) in [6.07, 6.45) is 0.0136. The quantitative estimate of drug-likeness (QED) is 0.218. The van der Waals surface area contributed by atoms with E-state index in [0.29, 0.717) is 19.0 Å². The van der Waals surface area contributed by atoms with Crippen LogP contribution in [-0.2, 0) is 23.9 Å². The van der Waals surface area contributed by atoms with Gasteiger partial charge in [0.2, 0.25) is 11.8 Å². The molecule has 0 radical (unpaired) electrons. The van der Waals surface area contributed by atoms with Crippen molar-refractivity contribution in [2.45, 2.75) is 13.3 Å². The first kappa shape index (κ1) is 22.4. The molecular weight excluding hydrogens is 338 g/mol. The van der Waals surface area contributed by atoms with E-state index >= 15 is 0 Å². The van der Waals surface area contributed by atoms with Crippen molar-refractivity contribution in [2.75, 3.05) is 44.4 Å². The van der Waals surface area contributed by atoms with Crippen LogP contribution >= 0.6 is 11.8 Å². The summed E-state index contributed by atoms with van der Waals surface area (Å²) < 4.78 is 5.12. The normalized spacial score (nSPS) is 11.6. The van der Waals surface area contributed by atoms with Gasteiger partial charge in [-0.2, -0.15) is 0 Å². The molecule has 2 amide bonds. The van der Waals surface area contributed by atoms with Crippen LogP contribution in [0.25, 0.3) is 0 Å². The van der Waals surface area contributed by atoms with E-state index < -0.39 is 30.1 Å². The maximum atomic E-state index is 11.7. The highest BCUT2D eigenvalue weighted by atomic mass is 32.2. The molecule has 1 atom stereocenters. The van der Waals surface area contributed by atoms with E-state index in [-0.39, 0.29) is 31.2 Å². The fourth-order valence-corrected chi connectivity index (χ4v) is 2.28. The van der Waals surface area contributed by atoms with Crippen LogP contribution in [0.15, 0.2) is 0 Å². The topological polar surface area (TPSA) is 148 Å². The Morgan fingerprint density at radius 1 is 1.17 bits per heavy atom. The van der Waals surface area contributed by atoms with Crippen molar-refractivity contribution >= 4 is 35.3 Å². The summed E-state index contributed by atoms with van der Waals surface area (Å²) in [6, 6.07) is 0. The second-order valence-electron chi connectivity index (χ2n) is 4.74. The Kier molecular flexibility index (Phi) is 12.8. The highest BCUT2D eigenvalue weighted by Crippen LogP contribution is 2.03. The smallest absolute Gasteiger partial charge is 0.314 e.